The number of alkyl carbamates (subject to hydrolysis) is 2. The number of anilines is 2. The van der Waals surface area contributed by atoms with Crippen molar-refractivity contribution in [3.8, 4) is 0 Å². The van der Waals surface area contributed by atoms with E-state index in [1.165, 1.54) is 14.2 Å². The topological polar surface area (TPSA) is 181 Å². The van der Waals surface area contributed by atoms with Gasteiger partial charge in [0.25, 0.3) is 0 Å². The lowest BCUT2D eigenvalue weighted by Gasteiger charge is -2.46. The maximum absolute atomic E-state index is 13.7. The second-order valence-corrected chi connectivity index (χ2v) is 16.7. The van der Waals surface area contributed by atoms with E-state index in [4.69, 9.17) is 19.4 Å². The van der Waals surface area contributed by atoms with Crippen LogP contribution < -0.4 is 20.4 Å². The molecule has 0 saturated carbocycles. The van der Waals surface area contributed by atoms with Crippen LogP contribution in [0, 0.1) is 11.8 Å². The number of ether oxygens (including phenoxy) is 2. The lowest BCUT2D eigenvalue weighted by molar-refractivity contribution is -0.136. The molecule has 58 heavy (non-hydrogen) atoms. The molecule has 7 rings (SSSR count). The lowest BCUT2D eigenvalue weighted by Crippen LogP contribution is -2.56. The number of carbonyl (C=O) groups is 4. The van der Waals surface area contributed by atoms with Crippen LogP contribution in [-0.4, -0.2) is 118 Å². The van der Waals surface area contributed by atoms with E-state index in [2.05, 4.69) is 68.5 Å². The molecule has 16 nitrogen and oxygen atoms in total. The number of likely N-dealkylation sites (tertiary alicyclic amines) is 2. The summed E-state index contributed by atoms with van der Waals surface area (Å²) in [5.41, 5.74) is 5.75. The van der Waals surface area contributed by atoms with Crippen molar-refractivity contribution in [2.24, 2.45) is 11.8 Å². The van der Waals surface area contributed by atoms with Crippen LogP contribution in [0.3, 0.4) is 0 Å². The molecule has 4 amide bonds. The highest BCUT2D eigenvalue weighted by atomic mass is 16.5. The first kappa shape index (κ1) is 40.6. The van der Waals surface area contributed by atoms with Gasteiger partial charge in [0.05, 0.1) is 48.4 Å². The normalized spacial score (nSPS) is 22.2. The van der Waals surface area contributed by atoms with E-state index in [0.29, 0.717) is 13.1 Å². The van der Waals surface area contributed by atoms with E-state index in [0.717, 1.165) is 83.9 Å². The Bertz CT molecular complexity index is 2000. The Morgan fingerprint density at radius 2 is 1.07 bits per heavy atom. The van der Waals surface area contributed by atoms with Gasteiger partial charge >= 0.3 is 12.2 Å². The van der Waals surface area contributed by atoms with Crippen molar-refractivity contribution in [2.45, 2.75) is 103 Å². The summed E-state index contributed by atoms with van der Waals surface area (Å²) < 4.78 is 9.58. The molecule has 0 aliphatic carbocycles. The van der Waals surface area contributed by atoms with Crippen molar-refractivity contribution >= 4 is 57.4 Å². The number of amides is 4. The number of methoxy groups -OCH3 is 2. The Morgan fingerprint density at radius 3 is 1.43 bits per heavy atom. The Morgan fingerprint density at radius 1 is 0.672 bits per heavy atom. The minimum atomic E-state index is -0.688. The number of benzene rings is 2. The second-order valence-electron chi connectivity index (χ2n) is 16.7. The molecule has 16 heteroatoms. The molecule has 3 aliphatic rings. The zero-order valence-electron chi connectivity index (χ0n) is 34.9. The van der Waals surface area contributed by atoms with E-state index in [9.17, 15) is 19.2 Å². The number of imidazole rings is 2. The molecule has 5 heterocycles. The van der Waals surface area contributed by atoms with Crippen molar-refractivity contribution in [1.29, 1.82) is 0 Å². The van der Waals surface area contributed by atoms with Gasteiger partial charge < -0.3 is 49.7 Å². The number of carbonyl (C=O) groups excluding carboxylic acids is 4. The molecule has 4 aromatic rings. The Labute approximate surface area is 339 Å². The Kier molecular flexibility index (Phi) is 11.7. The van der Waals surface area contributed by atoms with E-state index >= 15 is 0 Å². The van der Waals surface area contributed by atoms with Crippen LogP contribution in [0.25, 0.3) is 22.1 Å². The molecule has 0 spiro atoms. The first-order chi connectivity index (χ1) is 27.8. The number of piperazine rings is 1. The molecular weight excluding hydrogens is 741 g/mol. The zero-order valence-corrected chi connectivity index (χ0v) is 34.9. The molecule has 2 aromatic heterocycles. The summed E-state index contributed by atoms with van der Waals surface area (Å²) in [6, 6.07) is 11.3. The minimum absolute atomic E-state index is 0.105. The van der Waals surface area contributed by atoms with E-state index < -0.39 is 24.3 Å². The number of hydrogen-bond acceptors (Lipinski definition) is 10. The summed E-state index contributed by atoms with van der Waals surface area (Å²) in [5, 5.41) is 5.44. The molecule has 2 aromatic carbocycles. The van der Waals surface area contributed by atoms with Gasteiger partial charge in [-0.1, -0.05) is 27.7 Å². The standard InChI is InChI=1S/C42H58N10O6/c1-23(2)35(47-41(55)57-7)39(53)49-17-9-11-33(49)37-43-29-15-13-27(19-31(29)45-37)51-21-26(6)52(22-25(51)5)28-14-16-30-32(20-28)46-38(44-30)34-12-10-18-50(34)40(54)36(24(3)4)48-42(56)58-8/h13-16,19-20,23-26,33-36H,9-12,17-18,21-22H2,1-8H3,(H,43,45)(H,44,46)(H,47,55)(H,48,56)/t25-,26+,33-,34-,35-,36-/m0/s1. The summed E-state index contributed by atoms with van der Waals surface area (Å²) in [7, 11) is 2.60. The zero-order chi connectivity index (χ0) is 41.4. The number of hydrogen-bond donors (Lipinski definition) is 4. The van der Waals surface area contributed by atoms with E-state index in [1.807, 2.05) is 49.6 Å². The monoisotopic (exact) mass is 798 g/mol. The number of nitrogens with zero attached hydrogens (tertiary/aromatic N) is 6. The van der Waals surface area contributed by atoms with Gasteiger partial charge in [0.1, 0.15) is 23.7 Å². The highest BCUT2D eigenvalue weighted by molar-refractivity contribution is 5.88. The third-order valence-electron chi connectivity index (χ3n) is 12.1. The maximum Gasteiger partial charge on any atom is 0.407 e. The second kappa shape index (κ2) is 16.7. The van der Waals surface area contributed by atoms with Crippen molar-refractivity contribution in [3.63, 3.8) is 0 Å². The molecule has 3 fully saturated rings. The number of aromatic nitrogens is 4. The number of aromatic amines is 2. The third-order valence-corrected chi connectivity index (χ3v) is 12.1. The third kappa shape index (κ3) is 7.97. The van der Waals surface area contributed by atoms with Gasteiger partial charge in [-0.05, 0) is 87.8 Å². The molecule has 3 saturated heterocycles. The first-order valence-electron chi connectivity index (χ1n) is 20.6. The highest BCUT2D eigenvalue weighted by Gasteiger charge is 2.39. The molecule has 0 unspecified atom stereocenters. The SMILES string of the molecule is COC(=O)N[C@H](C(=O)N1CCC[C@H]1c1nc2ccc(N3C[C@H](C)N(c4ccc5nc([C@@H]6CCCN6C(=O)[C@@H](NC(=O)OC)C(C)C)[nH]c5c4)C[C@H]3C)cc2[nH]1)C(C)C. The molecule has 0 radical (unpaired) electrons. The van der Waals surface area contributed by atoms with E-state index in [1.54, 1.807) is 0 Å². The van der Waals surface area contributed by atoms with Crippen LogP contribution in [0.1, 0.15) is 91.0 Å². The summed E-state index contributed by atoms with van der Waals surface area (Å²) >= 11 is 0. The summed E-state index contributed by atoms with van der Waals surface area (Å²) in [6.45, 7) is 15.0. The predicted octanol–water partition coefficient (Wildman–Crippen LogP) is 5.63. The number of H-pyrrole nitrogens is 2. The molecule has 4 N–H and O–H groups in total. The van der Waals surface area contributed by atoms with Gasteiger partial charge in [-0.3, -0.25) is 9.59 Å². The summed E-state index contributed by atoms with van der Waals surface area (Å²) in [5.74, 6) is 1.04. The van der Waals surface area contributed by atoms with Gasteiger partial charge in [0.15, 0.2) is 0 Å². The van der Waals surface area contributed by atoms with Crippen LogP contribution in [0.5, 0.6) is 0 Å². The molecule has 6 atom stereocenters. The van der Waals surface area contributed by atoms with Crippen molar-refractivity contribution in [1.82, 2.24) is 40.4 Å². The van der Waals surface area contributed by atoms with Gasteiger partial charge in [-0.25, -0.2) is 19.6 Å². The molecule has 0 bridgehead atoms. The first-order valence-corrected chi connectivity index (χ1v) is 20.6. The van der Waals surface area contributed by atoms with Gasteiger partial charge in [-0.2, -0.15) is 0 Å². The van der Waals surface area contributed by atoms with Gasteiger partial charge in [-0.15, -0.1) is 0 Å². The molecule has 312 valence electrons. The quantitative estimate of drug-likeness (QED) is 0.157. The smallest absolute Gasteiger partial charge is 0.407 e. The lowest BCUT2D eigenvalue weighted by atomic mass is 10.0. The Balaban J connectivity index is 1.04. The average Bonchev–Trinajstić information content (AvgIpc) is 4.03. The predicted molar refractivity (Wildman–Crippen MR) is 222 cm³/mol. The van der Waals surface area contributed by atoms with Crippen molar-refractivity contribution < 1.29 is 28.7 Å². The minimum Gasteiger partial charge on any atom is -0.453 e. The van der Waals surface area contributed by atoms with Crippen molar-refractivity contribution in [2.75, 3.05) is 50.2 Å². The summed E-state index contributed by atoms with van der Waals surface area (Å²) in [6.07, 6.45) is 2.05. The Hall–Kier alpha value is -5.54. The molecular formula is C42H58N10O6. The van der Waals surface area contributed by atoms with Crippen LogP contribution in [-0.2, 0) is 19.1 Å². The van der Waals surface area contributed by atoms with E-state index in [-0.39, 0.29) is 47.8 Å². The van der Waals surface area contributed by atoms with Gasteiger partial charge in [0.2, 0.25) is 11.8 Å². The van der Waals surface area contributed by atoms with Crippen LogP contribution in [0.2, 0.25) is 0 Å². The number of fused-ring (bicyclic) bond motifs is 2. The van der Waals surface area contributed by atoms with Crippen LogP contribution in [0.4, 0.5) is 21.0 Å². The number of nitrogens with one attached hydrogen (secondary N) is 4. The van der Waals surface area contributed by atoms with Gasteiger partial charge in [0, 0.05) is 49.6 Å². The largest absolute Gasteiger partial charge is 0.453 e. The summed E-state index contributed by atoms with van der Waals surface area (Å²) in [4.78, 5) is 77.0. The average molecular weight is 799 g/mol. The highest BCUT2D eigenvalue weighted by Crippen LogP contribution is 2.36. The maximum atomic E-state index is 13.7. The molecule has 3 aliphatic heterocycles. The fraction of sp³-hybridized carbons (Fsp3) is 0.571. The number of rotatable bonds is 10. The fourth-order valence-electron chi connectivity index (χ4n) is 8.94. The van der Waals surface area contributed by atoms with Crippen molar-refractivity contribution in [3.05, 3.63) is 48.0 Å². The fourth-order valence-corrected chi connectivity index (χ4v) is 8.94. The van der Waals surface area contributed by atoms with Crippen LogP contribution >= 0.6 is 0 Å². The van der Waals surface area contributed by atoms with Crippen LogP contribution in [0.15, 0.2) is 36.4 Å².